The maximum atomic E-state index is 12.3. The lowest BCUT2D eigenvalue weighted by molar-refractivity contribution is 0.540. The molecule has 0 aliphatic rings. The summed E-state index contributed by atoms with van der Waals surface area (Å²) in [5, 5.41) is 3.43. The smallest absolute Gasteiger partial charge is 0.242 e. The summed E-state index contributed by atoms with van der Waals surface area (Å²) in [5.41, 5.74) is 0.906. The zero-order valence-electron chi connectivity index (χ0n) is 12.9. The summed E-state index contributed by atoms with van der Waals surface area (Å²) in [7, 11) is -3.55. The molecule has 6 heteroatoms. The zero-order chi connectivity index (χ0) is 15.9. The number of halogens is 1. The highest BCUT2D eigenvalue weighted by molar-refractivity contribution is 7.89. The Bertz CT molecular complexity index is 545. The van der Waals surface area contributed by atoms with E-state index in [1.807, 2.05) is 13.0 Å². The standard InChI is InChI=1S/C15H25ClN2O2S/c1-4-17-11-13-7-8-14(16)15(10-13)21(19,20)18-9-5-6-12(2)3/h7-8,10,12,17-18H,4-6,9,11H2,1-3H3. The van der Waals surface area contributed by atoms with Crippen LogP contribution in [-0.2, 0) is 16.6 Å². The van der Waals surface area contributed by atoms with Crippen molar-refractivity contribution in [2.24, 2.45) is 5.92 Å². The summed E-state index contributed by atoms with van der Waals surface area (Å²) in [5.74, 6) is 0.571. The Labute approximate surface area is 133 Å². The van der Waals surface area contributed by atoms with E-state index < -0.39 is 10.0 Å². The molecule has 0 unspecified atom stereocenters. The van der Waals surface area contributed by atoms with Crippen LogP contribution >= 0.6 is 11.6 Å². The third-order valence-corrected chi connectivity index (χ3v) is 5.06. The Morgan fingerprint density at radius 1 is 1.29 bits per heavy atom. The molecule has 1 aromatic carbocycles. The van der Waals surface area contributed by atoms with Crippen LogP contribution in [0.4, 0.5) is 0 Å². The minimum Gasteiger partial charge on any atom is -0.313 e. The fraction of sp³-hybridized carbons (Fsp3) is 0.600. The Hall–Kier alpha value is -0.620. The van der Waals surface area contributed by atoms with Gasteiger partial charge in [-0.3, -0.25) is 0 Å². The van der Waals surface area contributed by atoms with E-state index in [2.05, 4.69) is 23.9 Å². The molecule has 2 N–H and O–H groups in total. The van der Waals surface area contributed by atoms with Crippen LogP contribution in [0.1, 0.15) is 39.2 Å². The van der Waals surface area contributed by atoms with Gasteiger partial charge in [-0.15, -0.1) is 0 Å². The molecular formula is C15H25ClN2O2S. The lowest BCUT2D eigenvalue weighted by Gasteiger charge is -2.11. The van der Waals surface area contributed by atoms with E-state index >= 15 is 0 Å². The molecule has 0 bridgehead atoms. The average molecular weight is 333 g/mol. The monoisotopic (exact) mass is 332 g/mol. The van der Waals surface area contributed by atoms with Crippen molar-refractivity contribution < 1.29 is 8.42 Å². The Kier molecular flexibility index (Phi) is 7.66. The predicted molar refractivity (Wildman–Crippen MR) is 88.1 cm³/mol. The maximum Gasteiger partial charge on any atom is 0.242 e. The molecule has 0 saturated carbocycles. The van der Waals surface area contributed by atoms with Gasteiger partial charge in [0.25, 0.3) is 0 Å². The van der Waals surface area contributed by atoms with Crippen LogP contribution in [-0.4, -0.2) is 21.5 Å². The van der Waals surface area contributed by atoms with Crippen LogP contribution in [0.3, 0.4) is 0 Å². The molecule has 0 amide bonds. The van der Waals surface area contributed by atoms with Gasteiger partial charge < -0.3 is 5.32 Å². The molecule has 1 rings (SSSR count). The van der Waals surface area contributed by atoms with E-state index in [0.717, 1.165) is 24.9 Å². The van der Waals surface area contributed by atoms with Crippen LogP contribution in [0, 0.1) is 5.92 Å². The number of benzene rings is 1. The predicted octanol–water partition coefficient (Wildman–Crippen LogP) is 3.16. The molecule has 0 radical (unpaired) electrons. The first kappa shape index (κ1) is 18.4. The first-order valence-electron chi connectivity index (χ1n) is 7.35. The first-order chi connectivity index (χ1) is 9.86. The summed E-state index contributed by atoms with van der Waals surface area (Å²) in [4.78, 5) is 0.157. The van der Waals surface area contributed by atoms with E-state index in [1.54, 1.807) is 12.1 Å². The second-order valence-electron chi connectivity index (χ2n) is 5.48. The molecule has 0 heterocycles. The van der Waals surface area contributed by atoms with Crippen molar-refractivity contribution in [3.63, 3.8) is 0 Å². The number of nitrogens with one attached hydrogen (secondary N) is 2. The second kappa shape index (κ2) is 8.73. The average Bonchev–Trinajstić information content (AvgIpc) is 2.42. The van der Waals surface area contributed by atoms with Crippen molar-refractivity contribution >= 4 is 21.6 Å². The zero-order valence-corrected chi connectivity index (χ0v) is 14.5. The van der Waals surface area contributed by atoms with E-state index in [-0.39, 0.29) is 9.92 Å². The number of hydrogen-bond acceptors (Lipinski definition) is 3. The third-order valence-electron chi connectivity index (χ3n) is 3.11. The summed E-state index contributed by atoms with van der Waals surface area (Å²) in [6, 6.07) is 5.11. The topological polar surface area (TPSA) is 58.2 Å². The van der Waals surface area contributed by atoms with Gasteiger partial charge in [-0.1, -0.05) is 38.4 Å². The molecule has 0 fully saturated rings. The molecule has 0 aliphatic carbocycles. The van der Waals surface area contributed by atoms with Crippen LogP contribution < -0.4 is 10.0 Å². The van der Waals surface area contributed by atoms with Gasteiger partial charge in [-0.25, -0.2) is 13.1 Å². The van der Waals surface area contributed by atoms with E-state index in [4.69, 9.17) is 11.6 Å². The van der Waals surface area contributed by atoms with Gasteiger partial charge in [0.2, 0.25) is 10.0 Å². The van der Waals surface area contributed by atoms with Crippen LogP contribution in [0.15, 0.2) is 23.1 Å². The van der Waals surface area contributed by atoms with Crippen LogP contribution in [0.25, 0.3) is 0 Å². The molecule has 0 spiro atoms. The Morgan fingerprint density at radius 2 is 2.00 bits per heavy atom. The molecule has 0 atom stereocenters. The van der Waals surface area contributed by atoms with E-state index in [1.165, 1.54) is 0 Å². The number of rotatable bonds is 9. The second-order valence-corrected chi connectivity index (χ2v) is 7.62. The fourth-order valence-electron chi connectivity index (χ4n) is 1.93. The summed E-state index contributed by atoms with van der Waals surface area (Å²) in [6.45, 7) is 8.14. The molecular weight excluding hydrogens is 308 g/mol. The summed E-state index contributed by atoms with van der Waals surface area (Å²) < 4.78 is 27.2. The van der Waals surface area contributed by atoms with Crippen LogP contribution in [0.5, 0.6) is 0 Å². The normalized spacial score (nSPS) is 12.0. The van der Waals surface area contributed by atoms with Gasteiger partial charge in [0.05, 0.1) is 5.02 Å². The maximum absolute atomic E-state index is 12.3. The largest absolute Gasteiger partial charge is 0.313 e. The quantitative estimate of drug-likeness (QED) is 0.683. The van der Waals surface area contributed by atoms with Crippen molar-refractivity contribution in [3.05, 3.63) is 28.8 Å². The lowest BCUT2D eigenvalue weighted by Crippen LogP contribution is -2.25. The highest BCUT2D eigenvalue weighted by Gasteiger charge is 2.17. The minimum absolute atomic E-state index is 0.157. The van der Waals surface area contributed by atoms with Crippen molar-refractivity contribution in [1.29, 1.82) is 0 Å². The van der Waals surface area contributed by atoms with Gasteiger partial charge in [-0.05, 0) is 43.0 Å². The minimum atomic E-state index is -3.55. The van der Waals surface area contributed by atoms with Crippen molar-refractivity contribution in [3.8, 4) is 0 Å². The molecule has 120 valence electrons. The highest BCUT2D eigenvalue weighted by Crippen LogP contribution is 2.22. The molecule has 0 saturated heterocycles. The van der Waals surface area contributed by atoms with Crippen molar-refractivity contribution in [2.45, 2.75) is 45.1 Å². The van der Waals surface area contributed by atoms with Gasteiger partial charge >= 0.3 is 0 Å². The fourth-order valence-corrected chi connectivity index (χ4v) is 3.55. The molecule has 0 aromatic heterocycles. The Morgan fingerprint density at radius 3 is 2.62 bits per heavy atom. The molecule has 1 aromatic rings. The number of sulfonamides is 1. The highest BCUT2D eigenvalue weighted by atomic mass is 35.5. The van der Waals surface area contributed by atoms with Gasteiger partial charge in [0, 0.05) is 13.1 Å². The van der Waals surface area contributed by atoms with Gasteiger partial charge in [-0.2, -0.15) is 0 Å². The van der Waals surface area contributed by atoms with E-state index in [9.17, 15) is 8.42 Å². The summed E-state index contributed by atoms with van der Waals surface area (Å²) >= 11 is 6.04. The Balaban J connectivity index is 2.76. The first-order valence-corrected chi connectivity index (χ1v) is 9.21. The van der Waals surface area contributed by atoms with Gasteiger partial charge in [0.15, 0.2) is 0 Å². The van der Waals surface area contributed by atoms with Crippen molar-refractivity contribution in [1.82, 2.24) is 10.0 Å². The molecule has 0 aliphatic heterocycles. The lowest BCUT2D eigenvalue weighted by atomic mass is 10.1. The SMILES string of the molecule is CCNCc1ccc(Cl)c(S(=O)(=O)NCCCC(C)C)c1. The van der Waals surface area contributed by atoms with Crippen molar-refractivity contribution in [2.75, 3.05) is 13.1 Å². The third kappa shape index (κ3) is 6.34. The van der Waals surface area contributed by atoms with E-state index in [0.29, 0.717) is 19.0 Å². The number of hydrogen-bond donors (Lipinski definition) is 2. The van der Waals surface area contributed by atoms with Crippen LogP contribution in [0.2, 0.25) is 5.02 Å². The summed E-state index contributed by atoms with van der Waals surface area (Å²) in [6.07, 6.45) is 1.82. The molecule has 4 nitrogen and oxygen atoms in total. The van der Waals surface area contributed by atoms with Gasteiger partial charge in [0.1, 0.15) is 4.90 Å². The molecule has 21 heavy (non-hydrogen) atoms.